The molecule has 1 heterocycles. The molecule has 1 aliphatic heterocycles. The van der Waals surface area contributed by atoms with Crippen LogP contribution in [-0.2, 0) is 20.6 Å². The first-order valence-corrected chi connectivity index (χ1v) is 9.70. The smallest absolute Gasteiger partial charge is 0.399 e. The van der Waals surface area contributed by atoms with Gasteiger partial charge in [0.05, 0.1) is 16.7 Å². The zero-order valence-corrected chi connectivity index (χ0v) is 18.7. The third-order valence-corrected chi connectivity index (χ3v) is 5.10. The third-order valence-electron chi connectivity index (χ3n) is 5.10. The van der Waals surface area contributed by atoms with Crippen molar-refractivity contribution in [1.29, 1.82) is 0 Å². The number of benzene rings is 1. The van der Waals surface area contributed by atoms with Crippen molar-refractivity contribution >= 4 is 24.3 Å². The number of nitrogens with zero attached hydrogens (tertiary/aromatic N) is 3. The molecule has 1 saturated heterocycles. The van der Waals surface area contributed by atoms with E-state index in [1.54, 1.807) is 0 Å². The molecule has 0 radical (unpaired) electrons. The van der Waals surface area contributed by atoms with Crippen LogP contribution in [0, 0.1) is 6.92 Å². The summed E-state index contributed by atoms with van der Waals surface area (Å²) >= 11 is 0. The fraction of sp³-hybridized carbons (Fsp3) is 0.600. The summed E-state index contributed by atoms with van der Waals surface area (Å²) in [5.41, 5.74) is 1.72. The van der Waals surface area contributed by atoms with E-state index in [2.05, 4.69) is 20.6 Å². The van der Waals surface area contributed by atoms with Crippen molar-refractivity contribution in [3.63, 3.8) is 0 Å². The predicted molar refractivity (Wildman–Crippen MR) is 117 cm³/mol. The van der Waals surface area contributed by atoms with Crippen molar-refractivity contribution in [2.45, 2.75) is 78.7 Å². The van der Waals surface area contributed by atoms with Crippen LogP contribution < -0.4 is 16.6 Å². The second-order valence-corrected chi connectivity index (χ2v) is 9.28. The third kappa shape index (κ3) is 5.64. The fourth-order valence-corrected chi connectivity index (χ4v) is 2.62. The van der Waals surface area contributed by atoms with Crippen LogP contribution in [0.4, 0.5) is 0 Å². The summed E-state index contributed by atoms with van der Waals surface area (Å²) in [6, 6.07) is 5.92. The van der Waals surface area contributed by atoms with Crippen LogP contribution in [0.2, 0.25) is 0 Å². The van der Waals surface area contributed by atoms with Gasteiger partial charge in [-0.1, -0.05) is 18.2 Å². The molecule has 1 amide bonds. The summed E-state index contributed by atoms with van der Waals surface area (Å²) < 4.78 is 12.2. The Morgan fingerprint density at radius 2 is 1.79 bits per heavy atom. The molecular formula is C20H34BN5O3. The van der Waals surface area contributed by atoms with E-state index in [0.29, 0.717) is 6.54 Å². The molecule has 1 aromatic carbocycles. The second kappa shape index (κ2) is 8.24. The minimum atomic E-state index is -0.477. The highest BCUT2D eigenvalue weighted by Crippen LogP contribution is 2.36. The van der Waals surface area contributed by atoms with Gasteiger partial charge >= 0.3 is 7.12 Å². The summed E-state index contributed by atoms with van der Waals surface area (Å²) in [5.74, 6) is 4.64. The van der Waals surface area contributed by atoms with Gasteiger partial charge in [-0.15, -0.1) is 5.11 Å². The number of azo groups is 1. The van der Waals surface area contributed by atoms with Gasteiger partial charge in [-0.05, 0) is 72.0 Å². The zero-order chi connectivity index (χ0) is 22.0. The average molecular weight is 403 g/mol. The maximum Gasteiger partial charge on any atom is 0.494 e. The minimum absolute atomic E-state index is 0. The monoisotopic (exact) mass is 403 g/mol. The van der Waals surface area contributed by atoms with Gasteiger partial charge in [0.15, 0.2) is 0 Å². The van der Waals surface area contributed by atoms with E-state index in [4.69, 9.17) is 15.2 Å². The van der Waals surface area contributed by atoms with Gasteiger partial charge in [0, 0.05) is 7.97 Å². The summed E-state index contributed by atoms with van der Waals surface area (Å²) in [5, 5.41) is 14.1. The quantitative estimate of drug-likeness (QED) is 0.202. The fourth-order valence-electron chi connectivity index (χ4n) is 2.62. The molecule has 29 heavy (non-hydrogen) atoms. The van der Waals surface area contributed by atoms with Crippen molar-refractivity contribution in [3.05, 3.63) is 29.3 Å². The summed E-state index contributed by atoms with van der Waals surface area (Å²) in [6.07, 6.45) is 0. The highest BCUT2D eigenvalue weighted by Gasteiger charge is 2.51. The van der Waals surface area contributed by atoms with Crippen LogP contribution in [0.5, 0.6) is 0 Å². The normalized spacial score (nSPS) is 19.0. The van der Waals surface area contributed by atoms with Crippen LogP contribution in [0.25, 0.3) is 0 Å². The topological polar surface area (TPSA) is 111 Å². The molecule has 1 aromatic rings. The zero-order valence-electron chi connectivity index (χ0n) is 18.7. The van der Waals surface area contributed by atoms with Crippen LogP contribution in [0.1, 0.15) is 61.0 Å². The van der Waals surface area contributed by atoms with Crippen LogP contribution in [0.3, 0.4) is 0 Å². The predicted octanol–water partition coefficient (Wildman–Crippen LogP) is 2.68. The first kappa shape index (κ1) is 23.0. The SMILES string of the molecule is Cc1cc(B2OC(C)(C)C(C)(C)O2)ccc1CNC(=O)/C(N=NC(C)(C)C)=N/N.[HH]. The van der Waals surface area contributed by atoms with E-state index >= 15 is 0 Å². The van der Waals surface area contributed by atoms with Gasteiger partial charge in [-0.25, -0.2) is 0 Å². The molecule has 0 aliphatic carbocycles. The number of hydrogen-bond donors (Lipinski definition) is 2. The maximum atomic E-state index is 12.3. The molecule has 160 valence electrons. The Labute approximate surface area is 175 Å². The number of amides is 1. The van der Waals surface area contributed by atoms with Crippen molar-refractivity contribution in [2.75, 3.05) is 0 Å². The molecule has 3 N–H and O–H groups in total. The van der Waals surface area contributed by atoms with Crippen LogP contribution >= 0.6 is 0 Å². The largest absolute Gasteiger partial charge is 0.494 e. The number of amidine groups is 1. The number of hydrazone groups is 1. The van der Waals surface area contributed by atoms with E-state index in [1.165, 1.54) is 0 Å². The number of nitrogens with one attached hydrogen (secondary N) is 1. The number of hydrogen-bond acceptors (Lipinski definition) is 6. The molecule has 0 spiro atoms. The number of carbonyl (C=O) groups is 1. The van der Waals surface area contributed by atoms with E-state index in [9.17, 15) is 4.79 Å². The Morgan fingerprint density at radius 1 is 1.21 bits per heavy atom. The first-order valence-electron chi connectivity index (χ1n) is 9.70. The molecule has 0 bridgehead atoms. The summed E-state index contributed by atoms with van der Waals surface area (Å²) in [6.45, 7) is 16.0. The molecule has 1 fully saturated rings. The molecular weight excluding hydrogens is 369 g/mol. The number of carbonyl (C=O) groups excluding carboxylic acids is 1. The second-order valence-electron chi connectivity index (χ2n) is 9.28. The van der Waals surface area contributed by atoms with Crippen LogP contribution in [-0.4, -0.2) is 35.6 Å². The first-order chi connectivity index (χ1) is 13.3. The standard InChI is InChI=1S/C20H32BN5O3.H2/c1-13-11-15(21-28-19(5,6)20(7,8)29-21)10-9-14(13)12-23-17(27)16(24-22)25-26-18(2,3)4;/h9-11H,12,22H2,1-8H3,(H,23,27);1H/b24-16-,26-25?;. The lowest BCUT2D eigenvalue weighted by Crippen LogP contribution is -2.41. The lowest BCUT2D eigenvalue weighted by Gasteiger charge is -2.32. The minimum Gasteiger partial charge on any atom is -0.399 e. The Bertz CT molecular complexity index is 818. The summed E-state index contributed by atoms with van der Waals surface area (Å²) in [4.78, 5) is 12.3. The van der Waals surface area contributed by atoms with Crippen molar-refractivity contribution in [3.8, 4) is 0 Å². The highest BCUT2D eigenvalue weighted by molar-refractivity contribution is 6.62. The van der Waals surface area contributed by atoms with Crippen molar-refractivity contribution in [2.24, 2.45) is 21.2 Å². The van der Waals surface area contributed by atoms with Crippen molar-refractivity contribution < 1.29 is 15.5 Å². The Morgan fingerprint density at radius 3 is 2.28 bits per heavy atom. The molecule has 2 rings (SSSR count). The van der Waals surface area contributed by atoms with E-state index in [0.717, 1.165) is 16.6 Å². The highest BCUT2D eigenvalue weighted by atomic mass is 16.7. The molecule has 0 atom stereocenters. The van der Waals surface area contributed by atoms with Gasteiger partial charge in [-0.2, -0.15) is 10.2 Å². The van der Waals surface area contributed by atoms with E-state index in [-0.39, 0.29) is 7.26 Å². The van der Waals surface area contributed by atoms with Gasteiger partial charge in [0.25, 0.3) is 11.7 Å². The lowest BCUT2D eigenvalue weighted by molar-refractivity contribution is -0.115. The summed E-state index contributed by atoms with van der Waals surface area (Å²) in [7, 11) is -0.420. The molecule has 0 saturated carbocycles. The van der Waals surface area contributed by atoms with Crippen LogP contribution in [0.15, 0.2) is 33.5 Å². The van der Waals surface area contributed by atoms with E-state index < -0.39 is 29.8 Å². The number of rotatable bonds is 3. The molecule has 8 nitrogen and oxygen atoms in total. The Kier molecular flexibility index (Phi) is 6.54. The Hall–Kier alpha value is -2.26. The average Bonchev–Trinajstić information content (AvgIpc) is 2.81. The molecule has 0 unspecified atom stereocenters. The number of aryl methyl sites for hydroxylation is 1. The van der Waals surface area contributed by atoms with E-state index in [1.807, 2.05) is 73.6 Å². The lowest BCUT2D eigenvalue weighted by atomic mass is 9.78. The van der Waals surface area contributed by atoms with Gasteiger partial charge in [0.1, 0.15) is 0 Å². The van der Waals surface area contributed by atoms with Gasteiger partial charge in [-0.3, -0.25) is 4.79 Å². The molecule has 1 aliphatic rings. The van der Waals surface area contributed by atoms with Gasteiger partial charge < -0.3 is 20.5 Å². The van der Waals surface area contributed by atoms with Gasteiger partial charge in [0.2, 0.25) is 0 Å². The Balaban J connectivity index is 0.00000450. The molecule has 9 heteroatoms. The number of nitrogens with two attached hydrogens (primary N) is 1. The molecule has 0 aromatic heterocycles. The maximum absolute atomic E-state index is 12.3. The van der Waals surface area contributed by atoms with Crippen molar-refractivity contribution in [1.82, 2.24) is 5.32 Å².